The number of carbonyl (C=O) groups excluding carboxylic acids is 2. The molecule has 0 spiro atoms. The molecular formula is C16H9BrN2O2. The van der Waals surface area contributed by atoms with E-state index >= 15 is 0 Å². The zero-order chi connectivity index (χ0) is 15.0. The van der Waals surface area contributed by atoms with Gasteiger partial charge in [0.05, 0.1) is 29.4 Å². The minimum atomic E-state index is -0.537. The van der Waals surface area contributed by atoms with E-state index in [9.17, 15) is 9.59 Å². The van der Waals surface area contributed by atoms with E-state index in [1.165, 1.54) is 4.90 Å². The summed E-state index contributed by atoms with van der Waals surface area (Å²) >= 11 is 3.30. The number of rotatable bonds is 2. The van der Waals surface area contributed by atoms with E-state index in [-0.39, 0.29) is 6.54 Å². The second kappa shape index (κ2) is 5.15. The Kier molecular flexibility index (Phi) is 3.32. The molecule has 0 aromatic heterocycles. The first-order valence-electron chi connectivity index (χ1n) is 6.25. The Morgan fingerprint density at radius 3 is 2.71 bits per heavy atom. The molecule has 0 unspecified atom stereocenters. The quantitative estimate of drug-likeness (QED) is 0.789. The molecule has 1 aliphatic rings. The number of amides is 1. The van der Waals surface area contributed by atoms with Gasteiger partial charge in [0.1, 0.15) is 0 Å². The minimum absolute atomic E-state index is 0.273. The maximum Gasteiger partial charge on any atom is 0.299 e. The number of hydrogen-bond acceptors (Lipinski definition) is 3. The zero-order valence-electron chi connectivity index (χ0n) is 10.8. The predicted molar refractivity (Wildman–Crippen MR) is 80.8 cm³/mol. The lowest BCUT2D eigenvalue weighted by Gasteiger charge is -2.16. The van der Waals surface area contributed by atoms with Crippen LogP contribution in [0.5, 0.6) is 0 Å². The number of anilines is 1. The molecular weight excluding hydrogens is 332 g/mol. The van der Waals surface area contributed by atoms with Crippen LogP contribution in [-0.2, 0) is 11.3 Å². The van der Waals surface area contributed by atoms with Gasteiger partial charge in [0, 0.05) is 4.47 Å². The van der Waals surface area contributed by atoms with Crippen molar-refractivity contribution in [1.29, 1.82) is 5.26 Å². The third-order valence-corrected chi connectivity index (χ3v) is 3.82. The lowest BCUT2D eigenvalue weighted by atomic mass is 10.1. The molecule has 1 aliphatic heterocycles. The van der Waals surface area contributed by atoms with E-state index in [1.807, 2.05) is 6.07 Å². The Hall–Kier alpha value is -2.45. The van der Waals surface area contributed by atoms with Crippen LogP contribution in [0, 0.1) is 11.3 Å². The maximum absolute atomic E-state index is 12.1. The third-order valence-electron chi connectivity index (χ3n) is 3.33. The number of hydrogen-bond donors (Lipinski definition) is 0. The summed E-state index contributed by atoms with van der Waals surface area (Å²) in [7, 11) is 0. The number of carbonyl (C=O) groups is 2. The van der Waals surface area contributed by atoms with Crippen molar-refractivity contribution in [2.45, 2.75) is 6.54 Å². The van der Waals surface area contributed by atoms with Gasteiger partial charge in [-0.25, -0.2) is 0 Å². The molecule has 0 atom stereocenters. The first-order valence-corrected chi connectivity index (χ1v) is 7.04. The van der Waals surface area contributed by atoms with Crippen LogP contribution >= 0.6 is 15.9 Å². The normalized spacial score (nSPS) is 13.2. The Morgan fingerprint density at radius 1 is 1.14 bits per heavy atom. The summed E-state index contributed by atoms with van der Waals surface area (Å²) in [6.07, 6.45) is 0. The van der Waals surface area contributed by atoms with Crippen molar-refractivity contribution in [2.24, 2.45) is 0 Å². The highest BCUT2D eigenvalue weighted by atomic mass is 79.9. The maximum atomic E-state index is 12.1. The second-order valence-corrected chi connectivity index (χ2v) is 5.61. The van der Waals surface area contributed by atoms with Crippen LogP contribution in [0.1, 0.15) is 21.5 Å². The van der Waals surface area contributed by atoms with Gasteiger partial charge in [-0.1, -0.05) is 28.1 Å². The van der Waals surface area contributed by atoms with Crippen LogP contribution in [0.25, 0.3) is 0 Å². The molecule has 3 rings (SSSR count). The number of halogens is 1. The monoisotopic (exact) mass is 340 g/mol. The molecule has 0 bridgehead atoms. The molecule has 4 nitrogen and oxygen atoms in total. The molecule has 0 saturated carbocycles. The fourth-order valence-corrected chi connectivity index (χ4v) is 2.71. The van der Waals surface area contributed by atoms with Gasteiger partial charge >= 0.3 is 0 Å². The number of benzene rings is 2. The molecule has 0 radical (unpaired) electrons. The van der Waals surface area contributed by atoms with Crippen LogP contribution in [0.2, 0.25) is 0 Å². The Labute approximate surface area is 129 Å². The van der Waals surface area contributed by atoms with E-state index in [1.54, 1.807) is 36.4 Å². The summed E-state index contributed by atoms with van der Waals surface area (Å²) in [5.74, 6) is -1.03. The number of nitriles is 1. The van der Waals surface area contributed by atoms with Crippen LogP contribution < -0.4 is 4.90 Å². The van der Waals surface area contributed by atoms with Crippen molar-refractivity contribution >= 4 is 33.3 Å². The summed E-state index contributed by atoms with van der Waals surface area (Å²) in [4.78, 5) is 25.6. The SMILES string of the molecule is N#Cc1cccc(CN2C(=O)C(=O)c3cc(Br)ccc32)c1. The average Bonchev–Trinajstić information content (AvgIpc) is 2.72. The molecule has 21 heavy (non-hydrogen) atoms. The van der Waals surface area contributed by atoms with E-state index in [2.05, 4.69) is 22.0 Å². The van der Waals surface area contributed by atoms with Crippen molar-refractivity contribution in [3.8, 4) is 6.07 Å². The molecule has 0 fully saturated rings. The molecule has 5 heteroatoms. The molecule has 0 aliphatic carbocycles. The number of Topliss-reactive ketones (excluding diaryl/α,β-unsaturated/α-hetero) is 1. The Balaban J connectivity index is 1.99. The first-order chi connectivity index (χ1) is 10.1. The van der Waals surface area contributed by atoms with Crippen LogP contribution in [0.3, 0.4) is 0 Å². The second-order valence-electron chi connectivity index (χ2n) is 4.69. The lowest BCUT2D eigenvalue weighted by molar-refractivity contribution is -0.114. The highest BCUT2D eigenvalue weighted by Gasteiger charge is 2.35. The highest BCUT2D eigenvalue weighted by Crippen LogP contribution is 2.32. The smallest absolute Gasteiger partial charge is 0.299 e. The van der Waals surface area contributed by atoms with Gasteiger partial charge in [-0.3, -0.25) is 9.59 Å². The zero-order valence-corrected chi connectivity index (χ0v) is 12.4. The summed E-state index contributed by atoms with van der Waals surface area (Å²) in [6, 6.07) is 14.3. The standard InChI is InChI=1S/C16H9BrN2O2/c17-12-4-5-14-13(7-12)15(20)16(21)19(14)9-11-3-1-2-10(6-11)8-18/h1-7H,9H2. The lowest BCUT2D eigenvalue weighted by Crippen LogP contribution is -2.29. The van der Waals surface area contributed by atoms with Gasteiger partial charge < -0.3 is 4.90 Å². The van der Waals surface area contributed by atoms with Gasteiger partial charge in [0.2, 0.25) is 0 Å². The van der Waals surface area contributed by atoms with Gasteiger partial charge in [0.25, 0.3) is 11.7 Å². The topological polar surface area (TPSA) is 61.2 Å². The first kappa shape index (κ1) is 13.5. The number of nitrogens with zero attached hydrogens (tertiary/aromatic N) is 2. The summed E-state index contributed by atoms with van der Waals surface area (Å²) in [5.41, 5.74) is 2.36. The average molecular weight is 341 g/mol. The number of ketones is 1. The van der Waals surface area contributed by atoms with E-state index in [0.717, 1.165) is 10.0 Å². The van der Waals surface area contributed by atoms with Crippen LogP contribution in [0.15, 0.2) is 46.9 Å². The van der Waals surface area contributed by atoms with Gasteiger partial charge in [-0.2, -0.15) is 5.26 Å². The predicted octanol–water partition coefficient (Wildman–Crippen LogP) is 3.05. The molecule has 1 heterocycles. The Morgan fingerprint density at radius 2 is 1.95 bits per heavy atom. The van der Waals surface area contributed by atoms with Crippen molar-refractivity contribution < 1.29 is 9.59 Å². The van der Waals surface area contributed by atoms with E-state index in [4.69, 9.17) is 5.26 Å². The van der Waals surface area contributed by atoms with Crippen LogP contribution in [-0.4, -0.2) is 11.7 Å². The fraction of sp³-hybridized carbons (Fsp3) is 0.0625. The molecule has 0 N–H and O–H groups in total. The summed E-state index contributed by atoms with van der Waals surface area (Å²) in [5, 5.41) is 8.92. The molecule has 102 valence electrons. The minimum Gasteiger partial charge on any atom is -0.300 e. The van der Waals surface area contributed by atoms with Crippen molar-refractivity contribution in [3.63, 3.8) is 0 Å². The number of fused-ring (bicyclic) bond motifs is 1. The highest BCUT2D eigenvalue weighted by molar-refractivity contribution is 9.10. The molecule has 2 aromatic carbocycles. The summed E-state index contributed by atoms with van der Waals surface area (Å²) in [6.45, 7) is 0.273. The summed E-state index contributed by atoms with van der Waals surface area (Å²) < 4.78 is 0.760. The van der Waals surface area contributed by atoms with Crippen LogP contribution in [0.4, 0.5) is 5.69 Å². The largest absolute Gasteiger partial charge is 0.300 e. The van der Waals surface area contributed by atoms with Crippen molar-refractivity contribution in [2.75, 3.05) is 4.90 Å². The molecule has 2 aromatic rings. The van der Waals surface area contributed by atoms with Crippen molar-refractivity contribution in [1.82, 2.24) is 0 Å². The van der Waals surface area contributed by atoms with E-state index in [0.29, 0.717) is 16.8 Å². The Bertz CT molecular complexity index is 808. The third kappa shape index (κ3) is 2.34. The molecule has 1 amide bonds. The van der Waals surface area contributed by atoms with Crippen molar-refractivity contribution in [3.05, 3.63) is 63.6 Å². The van der Waals surface area contributed by atoms with Gasteiger partial charge in [0.15, 0.2) is 0 Å². The van der Waals surface area contributed by atoms with Gasteiger partial charge in [-0.15, -0.1) is 0 Å². The van der Waals surface area contributed by atoms with Gasteiger partial charge in [-0.05, 0) is 35.9 Å². The van der Waals surface area contributed by atoms with E-state index < -0.39 is 11.7 Å². The fourth-order valence-electron chi connectivity index (χ4n) is 2.35. The molecule has 0 saturated heterocycles.